The fraction of sp³-hybridized carbons (Fsp3) is 0.375. The maximum Gasteiger partial charge on any atom is 0.281 e. The number of rotatable bonds is 5. The molecule has 0 amide bonds. The molecule has 0 aliphatic carbocycles. The van der Waals surface area contributed by atoms with E-state index in [0.29, 0.717) is 35.2 Å². The Bertz CT molecular complexity index is 1300. The third-order valence-corrected chi connectivity index (χ3v) is 5.96. The lowest BCUT2D eigenvalue weighted by atomic mass is 10.1. The van der Waals surface area contributed by atoms with Crippen molar-refractivity contribution in [3.63, 3.8) is 0 Å². The number of benzene rings is 1. The number of pyridine rings is 1. The van der Waals surface area contributed by atoms with Crippen LogP contribution in [-0.4, -0.2) is 45.0 Å². The number of anilines is 1. The zero-order valence-corrected chi connectivity index (χ0v) is 18.8. The zero-order chi connectivity index (χ0) is 23.8. The summed E-state index contributed by atoms with van der Waals surface area (Å²) in [5.41, 5.74) is 1.56. The van der Waals surface area contributed by atoms with Gasteiger partial charge in [0.1, 0.15) is 23.9 Å². The Labute approximate surface area is 194 Å². The summed E-state index contributed by atoms with van der Waals surface area (Å²) >= 11 is 0. The first-order chi connectivity index (χ1) is 16.4. The highest BCUT2D eigenvalue weighted by Gasteiger charge is 2.26. The first kappa shape index (κ1) is 22.3. The van der Waals surface area contributed by atoms with E-state index in [1.807, 2.05) is 18.4 Å². The highest BCUT2D eigenvalue weighted by molar-refractivity contribution is 5.84. The summed E-state index contributed by atoms with van der Waals surface area (Å²) in [6, 6.07) is 6.24. The smallest absolute Gasteiger partial charge is 0.281 e. The molecule has 3 aromatic rings. The second-order valence-corrected chi connectivity index (χ2v) is 8.58. The summed E-state index contributed by atoms with van der Waals surface area (Å²) in [6.07, 6.45) is 3.09. The van der Waals surface area contributed by atoms with Crippen LogP contribution >= 0.6 is 0 Å². The quantitative estimate of drug-likeness (QED) is 0.588. The van der Waals surface area contributed by atoms with Gasteiger partial charge < -0.3 is 29.2 Å². The average molecular weight is 468 g/mol. The van der Waals surface area contributed by atoms with E-state index in [1.165, 1.54) is 18.6 Å². The minimum Gasteiger partial charge on any atom is -0.454 e. The van der Waals surface area contributed by atoms with Crippen LogP contribution in [0.15, 0.2) is 47.8 Å². The van der Waals surface area contributed by atoms with Gasteiger partial charge in [-0.2, -0.15) is 0 Å². The van der Waals surface area contributed by atoms with Gasteiger partial charge >= 0.3 is 0 Å². The Kier molecular flexibility index (Phi) is 5.93. The topological polar surface area (TPSA) is 108 Å². The number of halogens is 1. The van der Waals surface area contributed by atoms with Crippen LogP contribution in [0.5, 0.6) is 0 Å². The summed E-state index contributed by atoms with van der Waals surface area (Å²) in [7, 11) is 0. The van der Waals surface area contributed by atoms with Crippen LogP contribution in [-0.2, 0) is 14.2 Å². The van der Waals surface area contributed by atoms with E-state index in [1.54, 1.807) is 18.2 Å². The Hall–Kier alpha value is -3.50. The number of fused-ring (bicyclic) bond motifs is 1. The molecule has 0 unspecified atom stereocenters. The van der Waals surface area contributed by atoms with Crippen LogP contribution in [0.1, 0.15) is 38.3 Å². The SMILES string of the molecule is CC(C)n1c(C2OC=CO2)cc(=O)c2ccc(-c3nc(N[C@@H]4CCOC[C@H]4O)ncc3F)cc21. The van der Waals surface area contributed by atoms with Crippen LogP contribution in [0.25, 0.3) is 22.2 Å². The molecule has 1 fully saturated rings. The third kappa shape index (κ3) is 4.10. The van der Waals surface area contributed by atoms with Gasteiger partial charge in [-0.3, -0.25) is 4.79 Å². The van der Waals surface area contributed by atoms with Crippen molar-refractivity contribution in [1.29, 1.82) is 0 Å². The van der Waals surface area contributed by atoms with E-state index < -0.39 is 18.2 Å². The highest BCUT2D eigenvalue weighted by Crippen LogP contribution is 2.31. The molecule has 0 radical (unpaired) electrons. The first-order valence-electron chi connectivity index (χ1n) is 11.1. The number of hydrogen-bond acceptors (Lipinski definition) is 8. The Morgan fingerprint density at radius 2 is 2.03 bits per heavy atom. The number of aromatic nitrogens is 3. The van der Waals surface area contributed by atoms with E-state index in [4.69, 9.17) is 14.2 Å². The standard InChI is InChI=1S/C24H25FN4O5/c1-13(2)29-18-9-14(3-4-15(18)20(30)10-19(29)23-33-7-8-34-23)22-16(25)11-26-24(28-22)27-17-5-6-32-12-21(17)31/h3-4,7-11,13,17,21,23,31H,5-6,12H2,1-2H3,(H,26,27,28)/t17-,21-/m1/s1. The van der Waals surface area contributed by atoms with Gasteiger partial charge in [-0.25, -0.2) is 14.4 Å². The van der Waals surface area contributed by atoms with Crippen LogP contribution < -0.4 is 10.7 Å². The van der Waals surface area contributed by atoms with E-state index >= 15 is 0 Å². The van der Waals surface area contributed by atoms with Crippen LogP contribution in [0.3, 0.4) is 0 Å². The molecule has 2 atom stereocenters. The number of nitrogens with zero attached hydrogens (tertiary/aromatic N) is 3. The average Bonchev–Trinajstić information content (AvgIpc) is 3.36. The fourth-order valence-corrected chi connectivity index (χ4v) is 4.34. The minimum absolute atomic E-state index is 0.0383. The Balaban J connectivity index is 1.59. The second kappa shape index (κ2) is 9.03. The molecule has 1 aromatic carbocycles. The van der Waals surface area contributed by atoms with Crippen molar-refractivity contribution in [2.24, 2.45) is 0 Å². The molecule has 2 aromatic heterocycles. The molecular formula is C24H25FN4O5. The van der Waals surface area contributed by atoms with Gasteiger partial charge in [-0.05, 0) is 32.4 Å². The Morgan fingerprint density at radius 1 is 1.24 bits per heavy atom. The van der Waals surface area contributed by atoms with Gasteiger partial charge in [0.05, 0.1) is 30.5 Å². The Morgan fingerprint density at radius 3 is 2.76 bits per heavy atom. The normalized spacial score (nSPS) is 20.5. The summed E-state index contributed by atoms with van der Waals surface area (Å²) in [5, 5.41) is 13.7. The van der Waals surface area contributed by atoms with Crippen molar-refractivity contribution >= 4 is 16.9 Å². The number of hydrogen-bond donors (Lipinski definition) is 2. The lowest BCUT2D eigenvalue weighted by Crippen LogP contribution is -2.42. The zero-order valence-electron chi connectivity index (χ0n) is 18.8. The van der Waals surface area contributed by atoms with Crippen LogP contribution in [0.2, 0.25) is 0 Å². The molecule has 2 aliphatic heterocycles. The van der Waals surface area contributed by atoms with Crippen LogP contribution in [0.4, 0.5) is 10.3 Å². The van der Waals surface area contributed by atoms with E-state index in [-0.39, 0.29) is 35.8 Å². The molecular weight excluding hydrogens is 443 g/mol. The number of aliphatic hydroxyl groups is 1. The summed E-state index contributed by atoms with van der Waals surface area (Å²) in [5.74, 6) is -0.394. The van der Waals surface area contributed by atoms with Crippen molar-refractivity contribution < 1.29 is 23.7 Å². The molecule has 1 saturated heterocycles. The molecule has 178 valence electrons. The minimum atomic E-state index is -0.736. The predicted octanol–water partition coefficient (Wildman–Crippen LogP) is 3.26. The van der Waals surface area contributed by atoms with Crippen molar-refractivity contribution in [2.45, 2.75) is 44.7 Å². The monoisotopic (exact) mass is 468 g/mol. The van der Waals surface area contributed by atoms with Crippen molar-refractivity contribution in [3.8, 4) is 11.3 Å². The lowest BCUT2D eigenvalue weighted by molar-refractivity contribution is -0.0312. The molecule has 0 spiro atoms. The van der Waals surface area contributed by atoms with Gasteiger partial charge in [0.2, 0.25) is 5.95 Å². The second-order valence-electron chi connectivity index (χ2n) is 8.58. The summed E-state index contributed by atoms with van der Waals surface area (Å²) in [4.78, 5) is 21.3. The van der Waals surface area contributed by atoms with Crippen molar-refractivity contribution in [3.05, 3.63) is 64.7 Å². The molecule has 0 saturated carbocycles. The fourth-order valence-electron chi connectivity index (χ4n) is 4.34. The largest absolute Gasteiger partial charge is 0.454 e. The third-order valence-electron chi connectivity index (χ3n) is 5.96. The first-order valence-corrected chi connectivity index (χ1v) is 11.1. The molecule has 4 heterocycles. The molecule has 34 heavy (non-hydrogen) atoms. The van der Waals surface area contributed by atoms with Crippen molar-refractivity contribution in [1.82, 2.24) is 14.5 Å². The van der Waals surface area contributed by atoms with E-state index in [9.17, 15) is 14.3 Å². The van der Waals surface area contributed by atoms with Gasteiger partial charge in [0.15, 0.2) is 11.2 Å². The van der Waals surface area contributed by atoms with Crippen molar-refractivity contribution in [2.75, 3.05) is 18.5 Å². The number of nitrogens with one attached hydrogen (secondary N) is 1. The van der Waals surface area contributed by atoms with Gasteiger partial charge in [0.25, 0.3) is 6.29 Å². The molecule has 9 nitrogen and oxygen atoms in total. The molecule has 2 N–H and O–H groups in total. The predicted molar refractivity (Wildman–Crippen MR) is 122 cm³/mol. The molecule has 5 rings (SSSR count). The van der Waals surface area contributed by atoms with E-state index in [0.717, 1.165) is 6.20 Å². The van der Waals surface area contributed by atoms with Crippen LogP contribution in [0, 0.1) is 5.82 Å². The van der Waals surface area contributed by atoms with Gasteiger partial charge in [0, 0.05) is 29.7 Å². The number of aliphatic hydroxyl groups excluding tert-OH is 1. The molecule has 0 bridgehead atoms. The lowest BCUT2D eigenvalue weighted by Gasteiger charge is -2.28. The molecule has 2 aliphatic rings. The van der Waals surface area contributed by atoms with Gasteiger partial charge in [-0.15, -0.1) is 0 Å². The number of ether oxygens (including phenoxy) is 3. The maximum atomic E-state index is 14.8. The van der Waals surface area contributed by atoms with E-state index in [2.05, 4.69) is 15.3 Å². The summed E-state index contributed by atoms with van der Waals surface area (Å²) < 4.78 is 33.0. The highest BCUT2D eigenvalue weighted by atomic mass is 19.1. The molecule has 10 heteroatoms. The van der Waals surface area contributed by atoms with Gasteiger partial charge in [-0.1, -0.05) is 6.07 Å². The maximum absolute atomic E-state index is 14.8. The summed E-state index contributed by atoms with van der Waals surface area (Å²) in [6.45, 7) is 4.69.